The maximum Gasteiger partial charge on any atom is 0.115 e. The van der Waals surface area contributed by atoms with Gasteiger partial charge in [-0.2, -0.15) is 0 Å². The normalized spacial score (nSPS) is 13.2. The van der Waals surface area contributed by atoms with E-state index in [4.69, 9.17) is 4.98 Å². The first-order valence-electron chi connectivity index (χ1n) is 6.83. The highest BCUT2D eigenvalue weighted by Crippen LogP contribution is 2.28. The summed E-state index contributed by atoms with van der Waals surface area (Å²) in [5.74, 6) is 1.13. The molecular formula is C16H25N3. The summed E-state index contributed by atoms with van der Waals surface area (Å²) in [4.78, 5) is 4.78. The summed E-state index contributed by atoms with van der Waals surface area (Å²) in [5.41, 5.74) is 3.59. The second-order valence-corrected chi connectivity index (χ2v) is 6.82. The third kappa shape index (κ3) is 2.39. The lowest BCUT2D eigenvalue weighted by Gasteiger charge is -2.24. The fourth-order valence-electron chi connectivity index (χ4n) is 2.39. The molecule has 3 heteroatoms. The SMILES string of the molecule is CNC(C)(C)c1ccc2nc(C(C)(C)C)n(C)c2c1. The Bertz CT molecular complexity index is 600. The van der Waals surface area contributed by atoms with Gasteiger partial charge in [-0.15, -0.1) is 0 Å². The predicted molar refractivity (Wildman–Crippen MR) is 81.5 cm³/mol. The zero-order chi connectivity index (χ0) is 14.4. The number of hydrogen-bond acceptors (Lipinski definition) is 2. The molecule has 2 aromatic rings. The number of fused-ring (bicyclic) bond motifs is 1. The molecule has 0 aliphatic carbocycles. The monoisotopic (exact) mass is 259 g/mol. The Morgan fingerprint density at radius 2 is 1.74 bits per heavy atom. The van der Waals surface area contributed by atoms with Gasteiger partial charge in [0, 0.05) is 18.0 Å². The van der Waals surface area contributed by atoms with E-state index in [2.05, 4.69) is 69.7 Å². The molecule has 1 N–H and O–H groups in total. The molecule has 0 aliphatic rings. The smallest absolute Gasteiger partial charge is 0.115 e. The van der Waals surface area contributed by atoms with Crippen molar-refractivity contribution < 1.29 is 0 Å². The maximum atomic E-state index is 4.78. The van der Waals surface area contributed by atoms with Crippen molar-refractivity contribution in [1.29, 1.82) is 0 Å². The standard InChI is InChI=1S/C16H25N3/c1-15(2,3)14-18-12-9-8-11(16(4,5)17-6)10-13(12)19(14)7/h8-10,17H,1-7H3. The van der Waals surface area contributed by atoms with Gasteiger partial charge in [-0.3, -0.25) is 0 Å². The van der Waals surface area contributed by atoms with Crippen LogP contribution in [-0.4, -0.2) is 16.6 Å². The highest BCUT2D eigenvalue weighted by Gasteiger charge is 2.23. The largest absolute Gasteiger partial charge is 0.331 e. The highest BCUT2D eigenvalue weighted by molar-refractivity contribution is 5.77. The summed E-state index contributed by atoms with van der Waals surface area (Å²) >= 11 is 0. The van der Waals surface area contributed by atoms with E-state index in [0.29, 0.717) is 0 Å². The fourth-order valence-corrected chi connectivity index (χ4v) is 2.39. The van der Waals surface area contributed by atoms with Gasteiger partial charge in [-0.25, -0.2) is 4.98 Å². The molecule has 1 aromatic carbocycles. The average molecular weight is 259 g/mol. The van der Waals surface area contributed by atoms with Crippen LogP contribution in [0.1, 0.15) is 46.0 Å². The molecular weight excluding hydrogens is 234 g/mol. The molecule has 0 saturated carbocycles. The zero-order valence-corrected chi connectivity index (χ0v) is 13.1. The van der Waals surface area contributed by atoms with Crippen molar-refractivity contribution in [2.45, 2.75) is 45.6 Å². The number of aryl methyl sites for hydroxylation is 1. The second-order valence-electron chi connectivity index (χ2n) is 6.82. The molecule has 0 radical (unpaired) electrons. The van der Waals surface area contributed by atoms with Gasteiger partial charge in [0.2, 0.25) is 0 Å². The van der Waals surface area contributed by atoms with Crippen molar-refractivity contribution in [3.63, 3.8) is 0 Å². The van der Waals surface area contributed by atoms with Crippen LogP contribution in [0.2, 0.25) is 0 Å². The third-order valence-corrected chi connectivity index (χ3v) is 3.90. The van der Waals surface area contributed by atoms with Crippen LogP contribution in [0.3, 0.4) is 0 Å². The van der Waals surface area contributed by atoms with Crippen molar-refractivity contribution in [2.75, 3.05) is 7.05 Å². The molecule has 0 unspecified atom stereocenters. The topological polar surface area (TPSA) is 29.9 Å². The summed E-state index contributed by atoms with van der Waals surface area (Å²) < 4.78 is 2.21. The van der Waals surface area contributed by atoms with Gasteiger partial charge in [0.15, 0.2) is 0 Å². The number of benzene rings is 1. The average Bonchev–Trinajstić information content (AvgIpc) is 2.66. The summed E-state index contributed by atoms with van der Waals surface area (Å²) in [6.45, 7) is 11.0. The molecule has 1 heterocycles. The molecule has 104 valence electrons. The number of nitrogens with one attached hydrogen (secondary N) is 1. The summed E-state index contributed by atoms with van der Waals surface area (Å²) in [6.07, 6.45) is 0. The Kier molecular flexibility index (Phi) is 3.21. The Morgan fingerprint density at radius 1 is 1.11 bits per heavy atom. The van der Waals surface area contributed by atoms with Crippen LogP contribution in [0.4, 0.5) is 0 Å². The molecule has 0 saturated heterocycles. The highest BCUT2D eigenvalue weighted by atomic mass is 15.1. The molecule has 0 atom stereocenters. The number of nitrogens with zero attached hydrogens (tertiary/aromatic N) is 2. The van der Waals surface area contributed by atoms with Gasteiger partial charge in [-0.05, 0) is 38.6 Å². The Morgan fingerprint density at radius 3 is 2.26 bits per heavy atom. The van der Waals surface area contributed by atoms with E-state index in [1.807, 2.05) is 7.05 Å². The van der Waals surface area contributed by atoms with Gasteiger partial charge in [0.1, 0.15) is 5.82 Å². The van der Waals surface area contributed by atoms with Crippen LogP contribution in [0.25, 0.3) is 11.0 Å². The van der Waals surface area contributed by atoms with E-state index >= 15 is 0 Å². The molecule has 0 fully saturated rings. The van der Waals surface area contributed by atoms with Crippen LogP contribution in [0, 0.1) is 0 Å². The molecule has 0 aliphatic heterocycles. The van der Waals surface area contributed by atoms with Crippen molar-refractivity contribution >= 4 is 11.0 Å². The Hall–Kier alpha value is -1.35. The van der Waals surface area contributed by atoms with Crippen molar-refractivity contribution in [2.24, 2.45) is 7.05 Å². The van der Waals surface area contributed by atoms with Crippen LogP contribution >= 0.6 is 0 Å². The lowest BCUT2D eigenvalue weighted by molar-refractivity contribution is 0.445. The van der Waals surface area contributed by atoms with Crippen molar-refractivity contribution in [3.8, 4) is 0 Å². The molecule has 2 rings (SSSR count). The van der Waals surface area contributed by atoms with Gasteiger partial charge in [0.25, 0.3) is 0 Å². The second kappa shape index (κ2) is 4.34. The predicted octanol–water partition coefficient (Wildman–Crippen LogP) is 3.33. The fraction of sp³-hybridized carbons (Fsp3) is 0.562. The lowest BCUT2D eigenvalue weighted by Crippen LogP contribution is -2.33. The number of hydrogen-bond donors (Lipinski definition) is 1. The first-order chi connectivity index (χ1) is 8.66. The number of imidazole rings is 1. The molecule has 19 heavy (non-hydrogen) atoms. The summed E-state index contributed by atoms with van der Waals surface area (Å²) in [6, 6.07) is 6.53. The minimum Gasteiger partial charge on any atom is -0.331 e. The minimum absolute atomic E-state index is 0.0274. The Balaban J connectivity index is 2.65. The zero-order valence-electron chi connectivity index (χ0n) is 13.1. The van der Waals surface area contributed by atoms with Gasteiger partial charge in [0.05, 0.1) is 11.0 Å². The van der Waals surface area contributed by atoms with E-state index in [9.17, 15) is 0 Å². The van der Waals surface area contributed by atoms with Crippen LogP contribution in [0.5, 0.6) is 0 Å². The van der Waals surface area contributed by atoms with E-state index < -0.39 is 0 Å². The summed E-state index contributed by atoms with van der Waals surface area (Å²) in [5, 5.41) is 3.35. The van der Waals surface area contributed by atoms with Crippen LogP contribution in [0.15, 0.2) is 18.2 Å². The first kappa shape index (κ1) is 14.1. The van der Waals surface area contributed by atoms with E-state index in [0.717, 1.165) is 11.3 Å². The van der Waals surface area contributed by atoms with Gasteiger partial charge < -0.3 is 9.88 Å². The number of aromatic nitrogens is 2. The molecule has 1 aromatic heterocycles. The maximum absolute atomic E-state index is 4.78. The van der Waals surface area contributed by atoms with Gasteiger partial charge >= 0.3 is 0 Å². The molecule has 0 amide bonds. The summed E-state index contributed by atoms with van der Waals surface area (Å²) in [7, 11) is 4.10. The lowest BCUT2D eigenvalue weighted by atomic mass is 9.94. The van der Waals surface area contributed by atoms with Gasteiger partial charge in [-0.1, -0.05) is 26.8 Å². The number of rotatable bonds is 2. The molecule has 3 nitrogen and oxygen atoms in total. The van der Waals surface area contributed by atoms with Crippen molar-refractivity contribution in [3.05, 3.63) is 29.6 Å². The van der Waals surface area contributed by atoms with Crippen LogP contribution < -0.4 is 5.32 Å². The van der Waals surface area contributed by atoms with Crippen LogP contribution in [-0.2, 0) is 18.0 Å². The third-order valence-electron chi connectivity index (χ3n) is 3.90. The van der Waals surface area contributed by atoms with E-state index in [1.54, 1.807) is 0 Å². The first-order valence-corrected chi connectivity index (χ1v) is 6.83. The van der Waals surface area contributed by atoms with E-state index in [-0.39, 0.29) is 11.0 Å². The quantitative estimate of drug-likeness (QED) is 0.896. The van der Waals surface area contributed by atoms with Crippen molar-refractivity contribution in [1.82, 2.24) is 14.9 Å². The van der Waals surface area contributed by atoms with E-state index in [1.165, 1.54) is 11.1 Å². The minimum atomic E-state index is -0.0274. The molecule has 0 bridgehead atoms. The Labute approximate surface area is 116 Å². The molecule has 0 spiro atoms.